The van der Waals surface area contributed by atoms with Gasteiger partial charge in [-0.3, -0.25) is 9.48 Å². The van der Waals surface area contributed by atoms with E-state index in [0.29, 0.717) is 35.4 Å². The summed E-state index contributed by atoms with van der Waals surface area (Å²) in [5.41, 5.74) is 7.15. The molecule has 0 amide bonds. The molecule has 0 radical (unpaired) electrons. The van der Waals surface area contributed by atoms with Crippen LogP contribution >= 0.6 is 0 Å². The lowest BCUT2D eigenvalue weighted by Gasteiger charge is -2.37. The Hall–Kier alpha value is -2.69. The summed E-state index contributed by atoms with van der Waals surface area (Å²) < 4.78 is 32.1. The second-order valence-corrected chi connectivity index (χ2v) is 7.49. The number of allylic oxidation sites excluding steroid dienone is 3. The van der Waals surface area contributed by atoms with Crippen LogP contribution in [0.4, 0.5) is 8.78 Å². The van der Waals surface area contributed by atoms with Crippen LogP contribution in [0.3, 0.4) is 0 Å². The zero-order valence-corrected chi connectivity index (χ0v) is 14.8. The number of nitrogens with two attached hydrogens (primary N) is 1. The summed E-state index contributed by atoms with van der Waals surface area (Å²) in [4.78, 5) is 12.8. The summed E-state index contributed by atoms with van der Waals surface area (Å²) in [6.45, 7) is 5.02. The van der Waals surface area contributed by atoms with Gasteiger partial charge in [-0.05, 0) is 12.3 Å². The molecule has 8 heteroatoms. The van der Waals surface area contributed by atoms with E-state index in [1.807, 2.05) is 19.9 Å². The third kappa shape index (κ3) is 3.09. The van der Waals surface area contributed by atoms with Crippen molar-refractivity contribution in [3.63, 3.8) is 0 Å². The number of hydrogen-bond acceptors (Lipinski definition) is 5. The molecule has 0 saturated carbocycles. The van der Waals surface area contributed by atoms with Crippen LogP contribution < -0.4 is 5.73 Å². The first-order chi connectivity index (χ1) is 12.1. The van der Waals surface area contributed by atoms with Gasteiger partial charge in [0.15, 0.2) is 5.78 Å². The molecule has 6 nitrogen and oxygen atoms in total. The molecule has 3 rings (SSSR count). The number of halogens is 2. The van der Waals surface area contributed by atoms with Crippen molar-refractivity contribution in [3.05, 3.63) is 40.2 Å². The summed E-state index contributed by atoms with van der Waals surface area (Å²) in [6, 6.07) is 2.01. The second kappa shape index (κ2) is 6.24. The van der Waals surface area contributed by atoms with Crippen LogP contribution in [0, 0.1) is 23.7 Å². The smallest absolute Gasteiger partial charge is 0.257 e. The molecule has 0 fully saturated rings. The summed E-state index contributed by atoms with van der Waals surface area (Å²) in [5.74, 6) is -0.460. The fourth-order valence-electron chi connectivity index (χ4n) is 3.65. The number of aryl methyl sites for hydroxylation is 1. The van der Waals surface area contributed by atoms with Crippen LogP contribution in [-0.4, -0.2) is 22.0 Å². The van der Waals surface area contributed by atoms with E-state index >= 15 is 0 Å². The summed E-state index contributed by atoms with van der Waals surface area (Å²) in [7, 11) is 0. The van der Waals surface area contributed by atoms with Gasteiger partial charge in [-0.25, -0.2) is 8.78 Å². The fourth-order valence-corrected chi connectivity index (χ4v) is 3.65. The number of carbonyl (C=O) groups is 1. The molecular formula is C18H20F2N4O2. The van der Waals surface area contributed by atoms with Crippen molar-refractivity contribution in [2.24, 2.45) is 11.1 Å². The second-order valence-electron chi connectivity index (χ2n) is 7.49. The summed E-state index contributed by atoms with van der Waals surface area (Å²) in [6.07, 6.45) is -0.276. The van der Waals surface area contributed by atoms with Gasteiger partial charge in [0.1, 0.15) is 23.9 Å². The highest BCUT2D eigenvalue weighted by atomic mass is 19.3. The Kier molecular flexibility index (Phi) is 4.34. The van der Waals surface area contributed by atoms with Gasteiger partial charge in [0.2, 0.25) is 5.88 Å². The Morgan fingerprint density at radius 1 is 1.50 bits per heavy atom. The van der Waals surface area contributed by atoms with Gasteiger partial charge >= 0.3 is 0 Å². The molecule has 0 aromatic carbocycles. The predicted octanol–water partition coefficient (Wildman–Crippen LogP) is 2.91. The van der Waals surface area contributed by atoms with E-state index in [1.165, 1.54) is 6.20 Å². The molecule has 1 aliphatic heterocycles. The molecule has 2 N–H and O–H groups in total. The molecule has 1 atom stereocenters. The van der Waals surface area contributed by atoms with Crippen LogP contribution in [0.5, 0.6) is 0 Å². The number of ketones is 1. The normalized spacial score (nSPS) is 22.3. The quantitative estimate of drug-likeness (QED) is 0.892. The van der Waals surface area contributed by atoms with Gasteiger partial charge in [-0.2, -0.15) is 10.4 Å². The zero-order valence-electron chi connectivity index (χ0n) is 14.8. The predicted molar refractivity (Wildman–Crippen MR) is 88.7 cm³/mol. The van der Waals surface area contributed by atoms with Crippen molar-refractivity contribution >= 4 is 5.78 Å². The van der Waals surface area contributed by atoms with E-state index in [4.69, 9.17) is 10.5 Å². The van der Waals surface area contributed by atoms with Crippen molar-refractivity contribution in [2.75, 3.05) is 0 Å². The molecular weight excluding hydrogens is 342 g/mol. The van der Waals surface area contributed by atoms with Gasteiger partial charge < -0.3 is 10.5 Å². The fraction of sp³-hybridized carbons (Fsp3) is 0.500. The number of aromatic nitrogens is 2. The molecule has 1 aromatic heterocycles. The first-order valence-corrected chi connectivity index (χ1v) is 8.29. The van der Waals surface area contributed by atoms with Gasteiger partial charge in [-0.1, -0.05) is 13.8 Å². The van der Waals surface area contributed by atoms with Gasteiger partial charge in [-0.15, -0.1) is 0 Å². The van der Waals surface area contributed by atoms with E-state index in [2.05, 4.69) is 5.10 Å². The third-order valence-corrected chi connectivity index (χ3v) is 4.70. The number of nitriles is 1. The average Bonchev–Trinajstić information content (AvgIpc) is 2.83. The third-order valence-electron chi connectivity index (χ3n) is 4.70. The van der Waals surface area contributed by atoms with Crippen molar-refractivity contribution in [1.82, 2.24) is 9.78 Å². The lowest BCUT2D eigenvalue weighted by Crippen LogP contribution is -2.33. The van der Waals surface area contributed by atoms with Crippen molar-refractivity contribution in [2.45, 2.75) is 52.5 Å². The van der Waals surface area contributed by atoms with Crippen molar-refractivity contribution in [1.29, 1.82) is 5.26 Å². The highest BCUT2D eigenvalue weighted by Gasteiger charge is 2.43. The summed E-state index contributed by atoms with van der Waals surface area (Å²) in [5, 5.41) is 13.7. The molecule has 138 valence electrons. The molecule has 0 spiro atoms. The first-order valence-electron chi connectivity index (χ1n) is 8.29. The molecule has 0 saturated heterocycles. The maximum atomic E-state index is 12.8. The lowest BCUT2D eigenvalue weighted by atomic mass is 9.70. The Labute approximate surface area is 149 Å². The van der Waals surface area contributed by atoms with E-state index in [1.54, 1.807) is 6.92 Å². The Morgan fingerprint density at radius 2 is 2.19 bits per heavy atom. The molecule has 2 aliphatic rings. The molecule has 1 aromatic rings. The minimum absolute atomic E-state index is 0.0530. The summed E-state index contributed by atoms with van der Waals surface area (Å²) >= 11 is 0. The van der Waals surface area contributed by atoms with E-state index < -0.39 is 18.9 Å². The van der Waals surface area contributed by atoms with E-state index in [-0.39, 0.29) is 22.7 Å². The number of Topliss-reactive ketones (excluding diaryl/α,β-unsaturated/α-hetero) is 1. The van der Waals surface area contributed by atoms with Gasteiger partial charge in [0.25, 0.3) is 6.43 Å². The highest BCUT2D eigenvalue weighted by molar-refractivity contribution is 6.00. The Balaban J connectivity index is 2.14. The highest BCUT2D eigenvalue weighted by Crippen LogP contribution is 2.48. The van der Waals surface area contributed by atoms with Crippen molar-refractivity contribution in [3.8, 4) is 6.07 Å². The molecule has 0 unspecified atom stereocenters. The Bertz CT molecular complexity index is 874. The van der Waals surface area contributed by atoms with Crippen LogP contribution in [0.15, 0.2) is 29.0 Å². The van der Waals surface area contributed by atoms with Gasteiger partial charge in [0, 0.05) is 30.2 Å². The minimum atomic E-state index is -2.56. The van der Waals surface area contributed by atoms with Crippen LogP contribution in [0.2, 0.25) is 0 Å². The molecule has 0 bridgehead atoms. The number of carbonyl (C=O) groups excluding carboxylic acids is 1. The van der Waals surface area contributed by atoms with Crippen molar-refractivity contribution < 1.29 is 18.3 Å². The average molecular weight is 362 g/mol. The SMILES string of the molecule is Cc1nn(CC(F)F)cc1[C@@H]1C(C#N)=C(N)OC2=C1C(=O)CC(C)(C)C2. The maximum Gasteiger partial charge on any atom is 0.257 e. The maximum absolute atomic E-state index is 12.8. The number of ether oxygens (including phenoxy) is 1. The lowest BCUT2D eigenvalue weighted by molar-refractivity contribution is -0.119. The van der Waals surface area contributed by atoms with E-state index in [9.17, 15) is 18.8 Å². The number of nitrogens with zero attached hydrogens (tertiary/aromatic N) is 3. The van der Waals surface area contributed by atoms with E-state index in [0.717, 1.165) is 4.68 Å². The van der Waals surface area contributed by atoms with Crippen LogP contribution in [-0.2, 0) is 16.1 Å². The number of rotatable bonds is 3. The Morgan fingerprint density at radius 3 is 2.81 bits per heavy atom. The molecule has 26 heavy (non-hydrogen) atoms. The van der Waals surface area contributed by atoms with Crippen LogP contribution in [0.1, 0.15) is 43.9 Å². The van der Waals surface area contributed by atoms with Gasteiger partial charge in [0.05, 0.1) is 11.6 Å². The minimum Gasteiger partial charge on any atom is -0.444 e. The molecule has 2 heterocycles. The molecule has 1 aliphatic carbocycles. The first kappa shape index (κ1) is 18.1. The number of alkyl halides is 2. The standard InChI is InChI=1S/C18H20F2N4O2/c1-9-11(7-24(23-9)8-14(19)20)15-10(6-21)17(22)26-13-5-18(2,3)4-12(25)16(13)15/h7,14-15H,4-5,8,22H2,1-3H3/t15-/m0/s1. The zero-order chi connectivity index (χ0) is 19.2. The topological polar surface area (TPSA) is 93.9 Å². The largest absolute Gasteiger partial charge is 0.444 e. The van der Waals surface area contributed by atoms with Crippen LogP contribution in [0.25, 0.3) is 0 Å². The number of hydrogen-bond donors (Lipinski definition) is 1. The monoisotopic (exact) mass is 362 g/mol.